The number of nitrogens with zero attached hydrogens (tertiary/aromatic N) is 3. The van der Waals surface area contributed by atoms with Crippen molar-refractivity contribution in [2.75, 3.05) is 13.2 Å². The lowest BCUT2D eigenvalue weighted by molar-refractivity contribution is -0.137. The van der Waals surface area contributed by atoms with E-state index in [0.717, 1.165) is 22.6 Å². The van der Waals surface area contributed by atoms with Gasteiger partial charge in [0.05, 0.1) is 29.3 Å². The molecule has 180 valence electrons. The number of carbonyl (C=O) groups is 2. The quantitative estimate of drug-likeness (QED) is 0.313. The Morgan fingerprint density at radius 1 is 1.17 bits per heavy atom. The van der Waals surface area contributed by atoms with Gasteiger partial charge in [-0.15, -0.1) is 0 Å². The molecule has 4 rings (SSSR count). The first kappa shape index (κ1) is 24.7. The van der Waals surface area contributed by atoms with Crippen molar-refractivity contribution in [3.05, 3.63) is 71.3 Å². The predicted molar refractivity (Wildman–Crippen MR) is 141 cm³/mol. The zero-order chi connectivity index (χ0) is 24.9. The molecule has 1 aliphatic heterocycles. The summed E-state index contributed by atoms with van der Waals surface area (Å²) in [6.07, 6.45) is 3.48. The molecule has 0 atom stereocenters. The molecule has 1 aromatic heterocycles. The first-order valence-electron chi connectivity index (χ1n) is 11.2. The molecule has 0 unspecified atom stereocenters. The summed E-state index contributed by atoms with van der Waals surface area (Å²) in [5.74, 6) is -0.0600. The minimum absolute atomic E-state index is 0.0469. The maximum Gasteiger partial charge on any atom is 0.305 e. The van der Waals surface area contributed by atoms with E-state index < -0.39 is 5.97 Å². The van der Waals surface area contributed by atoms with Gasteiger partial charge in [-0.2, -0.15) is 5.10 Å². The van der Waals surface area contributed by atoms with Crippen molar-refractivity contribution in [1.29, 1.82) is 0 Å². The van der Waals surface area contributed by atoms with Gasteiger partial charge in [-0.3, -0.25) is 14.5 Å². The Balaban J connectivity index is 1.68. The number of hydrogen-bond acceptors (Lipinski definition) is 6. The average molecular weight is 508 g/mol. The van der Waals surface area contributed by atoms with Crippen molar-refractivity contribution < 1.29 is 19.4 Å². The Hall–Kier alpha value is -3.43. The molecule has 2 aromatic carbocycles. The molecule has 0 aliphatic carbocycles. The third kappa shape index (κ3) is 5.98. The van der Waals surface area contributed by atoms with E-state index in [1.807, 2.05) is 60.8 Å². The summed E-state index contributed by atoms with van der Waals surface area (Å²) < 4.78 is 7.93. The second-order valence-corrected chi connectivity index (χ2v) is 10.1. The SMILES string of the molecule is CC(C)COc1ccc(-c2nn(-c3ccccc3)cc2/C=C2/SC(=S)N(CCC(=O)O)C2=O)cc1. The van der Waals surface area contributed by atoms with Crippen LogP contribution < -0.4 is 4.74 Å². The Labute approximate surface area is 213 Å². The highest BCUT2D eigenvalue weighted by molar-refractivity contribution is 8.26. The maximum atomic E-state index is 12.9. The number of aliphatic carboxylic acids is 1. The van der Waals surface area contributed by atoms with Crippen LogP contribution >= 0.6 is 24.0 Å². The number of carboxylic acid groups (broad SMARTS) is 1. The van der Waals surface area contributed by atoms with E-state index >= 15 is 0 Å². The molecule has 0 radical (unpaired) electrons. The summed E-state index contributed by atoms with van der Waals surface area (Å²) in [4.78, 5) is 25.7. The summed E-state index contributed by atoms with van der Waals surface area (Å²) in [5.41, 5.74) is 3.23. The van der Waals surface area contributed by atoms with E-state index in [1.54, 1.807) is 10.8 Å². The van der Waals surface area contributed by atoms with Gasteiger partial charge >= 0.3 is 5.97 Å². The molecule has 0 saturated carbocycles. The maximum absolute atomic E-state index is 12.9. The molecule has 1 amide bonds. The van der Waals surface area contributed by atoms with Crippen molar-refractivity contribution >= 4 is 46.3 Å². The lowest BCUT2D eigenvalue weighted by atomic mass is 10.1. The average Bonchev–Trinajstić information content (AvgIpc) is 3.38. The van der Waals surface area contributed by atoms with Crippen LogP contribution in [0.3, 0.4) is 0 Å². The van der Waals surface area contributed by atoms with Gasteiger partial charge in [-0.25, -0.2) is 4.68 Å². The van der Waals surface area contributed by atoms with Crippen LogP contribution in [0.15, 0.2) is 65.7 Å². The summed E-state index contributed by atoms with van der Waals surface area (Å²) >= 11 is 6.50. The van der Waals surface area contributed by atoms with Crippen LogP contribution in [0.25, 0.3) is 23.0 Å². The smallest absolute Gasteiger partial charge is 0.305 e. The Morgan fingerprint density at radius 3 is 2.54 bits per heavy atom. The van der Waals surface area contributed by atoms with Gasteiger partial charge in [0, 0.05) is 23.9 Å². The van der Waals surface area contributed by atoms with Gasteiger partial charge in [0.15, 0.2) is 0 Å². The monoisotopic (exact) mass is 507 g/mol. The van der Waals surface area contributed by atoms with Crippen molar-refractivity contribution in [1.82, 2.24) is 14.7 Å². The van der Waals surface area contributed by atoms with Gasteiger partial charge in [-0.1, -0.05) is 56.0 Å². The summed E-state index contributed by atoms with van der Waals surface area (Å²) in [6.45, 7) is 4.88. The van der Waals surface area contributed by atoms with Crippen LogP contribution in [0.2, 0.25) is 0 Å². The largest absolute Gasteiger partial charge is 0.493 e. The number of para-hydroxylation sites is 1. The number of carboxylic acids is 1. The highest BCUT2D eigenvalue weighted by Crippen LogP contribution is 2.35. The van der Waals surface area contributed by atoms with E-state index in [-0.39, 0.29) is 18.9 Å². The number of rotatable bonds is 9. The van der Waals surface area contributed by atoms with Crippen LogP contribution in [0.4, 0.5) is 0 Å². The first-order valence-corrected chi connectivity index (χ1v) is 12.4. The van der Waals surface area contributed by atoms with Gasteiger partial charge in [0.2, 0.25) is 0 Å². The minimum atomic E-state index is -0.977. The number of amides is 1. The Kier molecular flexibility index (Phi) is 7.67. The second-order valence-electron chi connectivity index (χ2n) is 8.42. The molecule has 0 spiro atoms. The molecule has 1 N–H and O–H groups in total. The van der Waals surface area contributed by atoms with Crippen molar-refractivity contribution in [3.63, 3.8) is 0 Å². The van der Waals surface area contributed by atoms with E-state index in [2.05, 4.69) is 13.8 Å². The van der Waals surface area contributed by atoms with Gasteiger partial charge in [-0.05, 0) is 48.4 Å². The molecule has 35 heavy (non-hydrogen) atoms. The summed E-state index contributed by atoms with van der Waals surface area (Å²) in [7, 11) is 0. The highest BCUT2D eigenvalue weighted by Gasteiger charge is 2.32. The Morgan fingerprint density at radius 2 is 1.89 bits per heavy atom. The fraction of sp³-hybridized carbons (Fsp3) is 0.231. The zero-order valence-electron chi connectivity index (χ0n) is 19.4. The third-order valence-corrected chi connectivity index (χ3v) is 6.56. The van der Waals surface area contributed by atoms with Crippen LogP contribution in [0.1, 0.15) is 25.8 Å². The van der Waals surface area contributed by atoms with Crippen LogP contribution in [-0.4, -0.2) is 49.1 Å². The third-order valence-electron chi connectivity index (χ3n) is 5.18. The molecule has 0 bridgehead atoms. The topological polar surface area (TPSA) is 84.7 Å². The molecule has 2 heterocycles. The number of thiocarbonyl (C=S) groups is 1. The molecular formula is C26H25N3O4S2. The summed E-state index contributed by atoms with van der Waals surface area (Å²) in [6, 6.07) is 17.4. The van der Waals surface area contributed by atoms with Gasteiger partial charge < -0.3 is 9.84 Å². The normalized spacial score (nSPS) is 14.8. The van der Waals surface area contributed by atoms with Crippen molar-refractivity contribution in [3.8, 4) is 22.7 Å². The molecular weight excluding hydrogens is 482 g/mol. The lowest BCUT2D eigenvalue weighted by Gasteiger charge is -2.12. The molecule has 3 aromatic rings. The fourth-order valence-electron chi connectivity index (χ4n) is 3.44. The number of carbonyl (C=O) groups excluding carboxylic acids is 1. The van der Waals surface area contributed by atoms with Gasteiger partial charge in [0.1, 0.15) is 10.1 Å². The molecule has 1 saturated heterocycles. The zero-order valence-corrected chi connectivity index (χ0v) is 21.0. The summed E-state index contributed by atoms with van der Waals surface area (Å²) in [5, 5.41) is 13.8. The minimum Gasteiger partial charge on any atom is -0.493 e. The molecule has 1 aliphatic rings. The molecule has 1 fully saturated rings. The van der Waals surface area contributed by atoms with E-state index in [4.69, 9.17) is 27.2 Å². The highest BCUT2D eigenvalue weighted by atomic mass is 32.2. The number of thioether (sulfide) groups is 1. The second kappa shape index (κ2) is 10.9. The number of hydrogen-bond donors (Lipinski definition) is 1. The van der Waals surface area contributed by atoms with Crippen LogP contribution in [0, 0.1) is 5.92 Å². The standard InChI is InChI=1S/C26H25N3O4S2/c1-17(2)16-33-21-10-8-18(9-11-21)24-19(15-29(27-24)20-6-4-3-5-7-20)14-22-25(32)28(26(34)35-22)13-12-23(30)31/h3-11,14-15,17H,12-13,16H2,1-2H3,(H,30,31)/b22-14+. The Bertz CT molecular complexity index is 1270. The van der Waals surface area contributed by atoms with Crippen LogP contribution in [-0.2, 0) is 9.59 Å². The number of ether oxygens (including phenoxy) is 1. The number of aromatic nitrogens is 2. The van der Waals surface area contributed by atoms with E-state index in [1.165, 1.54) is 16.7 Å². The van der Waals surface area contributed by atoms with Crippen LogP contribution in [0.5, 0.6) is 5.75 Å². The first-order chi connectivity index (χ1) is 16.8. The van der Waals surface area contributed by atoms with Gasteiger partial charge in [0.25, 0.3) is 5.91 Å². The van der Waals surface area contributed by atoms with E-state index in [9.17, 15) is 9.59 Å². The molecule has 9 heteroatoms. The predicted octanol–water partition coefficient (Wildman–Crippen LogP) is 5.25. The fourth-order valence-corrected chi connectivity index (χ4v) is 4.74. The molecule has 7 nitrogen and oxygen atoms in total. The van der Waals surface area contributed by atoms with Crippen molar-refractivity contribution in [2.45, 2.75) is 20.3 Å². The van der Waals surface area contributed by atoms with E-state index in [0.29, 0.717) is 27.4 Å². The van der Waals surface area contributed by atoms with Crippen molar-refractivity contribution in [2.24, 2.45) is 5.92 Å². The number of benzene rings is 2. The lowest BCUT2D eigenvalue weighted by Crippen LogP contribution is -2.30.